The summed E-state index contributed by atoms with van der Waals surface area (Å²) in [6.45, 7) is 2.21. The van der Waals surface area contributed by atoms with Crippen LogP contribution in [0.25, 0.3) is 0 Å². The van der Waals surface area contributed by atoms with Crippen molar-refractivity contribution in [1.82, 2.24) is 10.5 Å². The van der Waals surface area contributed by atoms with Crippen LogP contribution in [0.4, 0.5) is 5.82 Å². The normalized spacial score (nSPS) is 11.2. The number of pyridine rings is 1. The van der Waals surface area contributed by atoms with Crippen LogP contribution < -0.4 is 9.79 Å². The number of sulfonamides is 1. The Balaban J connectivity index is 2.06. The van der Waals surface area contributed by atoms with E-state index in [4.69, 9.17) is 5.21 Å². The highest BCUT2D eigenvalue weighted by Gasteiger charge is 2.25. The van der Waals surface area contributed by atoms with Crippen molar-refractivity contribution >= 4 is 21.7 Å². The van der Waals surface area contributed by atoms with E-state index in [0.717, 1.165) is 18.4 Å². The van der Waals surface area contributed by atoms with Crippen LogP contribution >= 0.6 is 0 Å². The first kappa shape index (κ1) is 20.9. The van der Waals surface area contributed by atoms with Gasteiger partial charge < -0.3 is 0 Å². The van der Waals surface area contributed by atoms with Crippen molar-refractivity contribution < 1.29 is 18.4 Å². The molecule has 0 fully saturated rings. The van der Waals surface area contributed by atoms with Gasteiger partial charge in [-0.2, -0.15) is 0 Å². The Morgan fingerprint density at radius 3 is 2.41 bits per heavy atom. The van der Waals surface area contributed by atoms with E-state index in [1.807, 2.05) is 6.92 Å². The van der Waals surface area contributed by atoms with Crippen LogP contribution in [0.2, 0.25) is 0 Å². The van der Waals surface area contributed by atoms with Crippen molar-refractivity contribution in [3.05, 3.63) is 54.2 Å². The molecule has 0 saturated heterocycles. The lowest BCUT2D eigenvalue weighted by atomic mass is 10.1. The molecular weight excluding hydrogens is 366 g/mol. The fourth-order valence-electron chi connectivity index (χ4n) is 2.65. The van der Waals surface area contributed by atoms with Gasteiger partial charge >= 0.3 is 0 Å². The van der Waals surface area contributed by atoms with Crippen molar-refractivity contribution in [2.45, 2.75) is 43.9 Å². The van der Waals surface area contributed by atoms with Crippen molar-refractivity contribution in [1.29, 1.82) is 0 Å². The molecule has 1 heterocycles. The topological polar surface area (TPSA) is 99.6 Å². The largest absolute Gasteiger partial charge is 0.289 e. The van der Waals surface area contributed by atoms with Gasteiger partial charge in [0.1, 0.15) is 5.82 Å². The number of nitrogens with zero attached hydrogens (tertiary/aromatic N) is 2. The first-order valence-electron chi connectivity index (χ1n) is 8.88. The summed E-state index contributed by atoms with van der Waals surface area (Å²) in [5, 5.41) is 8.47. The lowest BCUT2D eigenvalue weighted by Gasteiger charge is -2.23. The highest BCUT2D eigenvalue weighted by atomic mass is 32.2. The van der Waals surface area contributed by atoms with Gasteiger partial charge in [-0.3, -0.25) is 10.0 Å². The van der Waals surface area contributed by atoms with E-state index in [2.05, 4.69) is 4.98 Å². The fraction of sp³-hybridized carbons (Fsp3) is 0.368. The number of amides is 1. The molecule has 0 aliphatic heterocycles. The third-order valence-corrected chi connectivity index (χ3v) is 5.97. The molecule has 1 aromatic carbocycles. The molecule has 146 valence electrons. The average Bonchev–Trinajstić information content (AvgIpc) is 2.68. The van der Waals surface area contributed by atoms with Crippen LogP contribution in [0.15, 0.2) is 53.6 Å². The number of hydrogen-bond acceptors (Lipinski definition) is 5. The Hall–Kier alpha value is -2.45. The number of benzene rings is 1. The summed E-state index contributed by atoms with van der Waals surface area (Å²) in [5.41, 5.74) is 2.59. The van der Waals surface area contributed by atoms with Gasteiger partial charge in [0.2, 0.25) is 5.91 Å². The maximum Gasteiger partial charge on any atom is 0.265 e. The van der Waals surface area contributed by atoms with Crippen LogP contribution in [0.3, 0.4) is 0 Å². The maximum absolute atomic E-state index is 13.1. The second kappa shape index (κ2) is 10.0. The molecule has 2 aromatic rings. The predicted octanol–water partition coefficient (Wildman–Crippen LogP) is 3.04. The Kier molecular flexibility index (Phi) is 7.75. The number of aromatic nitrogens is 1. The number of unbranched alkanes of at least 4 members (excludes halogenated alkanes) is 3. The van der Waals surface area contributed by atoms with Crippen LogP contribution in [0.5, 0.6) is 0 Å². The van der Waals surface area contributed by atoms with Gasteiger partial charge in [0, 0.05) is 19.2 Å². The summed E-state index contributed by atoms with van der Waals surface area (Å²) in [7, 11) is -3.71. The van der Waals surface area contributed by atoms with Gasteiger partial charge in [0.05, 0.1) is 4.90 Å². The van der Waals surface area contributed by atoms with E-state index in [-0.39, 0.29) is 11.3 Å². The molecule has 0 aliphatic carbocycles. The molecule has 0 saturated carbocycles. The van der Waals surface area contributed by atoms with Crippen LogP contribution in [-0.4, -0.2) is 31.1 Å². The minimum Gasteiger partial charge on any atom is -0.289 e. The SMILES string of the molecule is Cc1ccc(S(=O)(=O)N(CCCCCCC(=O)NO)c2ccccn2)cc1. The minimum absolute atomic E-state index is 0.235. The molecule has 0 spiro atoms. The van der Waals surface area contributed by atoms with Crippen LogP contribution in [0.1, 0.15) is 37.7 Å². The number of aryl methyl sites for hydroxylation is 1. The molecule has 0 bridgehead atoms. The maximum atomic E-state index is 13.1. The summed E-state index contributed by atoms with van der Waals surface area (Å²) in [4.78, 5) is 15.4. The molecule has 1 amide bonds. The summed E-state index contributed by atoms with van der Waals surface area (Å²) in [6.07, 6.45) is 4.64. The number of anilines is 1. The van der Waals surface area contributed by atoms with Gasteiger partial charge in [-0.05, 0) is 44.0 Å². The third kappa shape index (κ3) is 6.04. The van der Waals surface area contributed by atoms with Gasteiger partial charge in [-0.25, -0.2) is 23.2 Å². The number of rotatable bonds is 10. The fourth-order valence-corrected chi connectivity index (χ4v) is 4.11. The lowest BCUT2D eigenvalue weighted by molar-refractivity contribution is -0.129. The number of carbonyl (C=O) groups is 1. The summed E-state index contributed by atoms with van der Waals surface area (Å²) >= 11 is 0. The monoisotopic (exact) mass is 391 g/mol. The Bertz CT molecular complexity index is 824. The van der Waals surface area contributed by atoms with E-state index in [1.54, 1.807) is 54.1 Å². The summed E-state index contributed by atoms with van der Waals surface area (Å²) in [5.74, 6) is -0.0233. The second-order valence-electron chi connectivity index (χ2n) is 6.28. The van der Waals surface area contributed by atoms with E-state index in [1.165, 1.54) is 4.31 Å². The average molecular weight is 391 g/mol. The number of hydroxylamine groups is 1. The molecule has 0 radical (unpaired) electrons. The molecule has 2 N–H and O–H groups in total. The van der Waals surface area contributed by atoms with Gasteiger partial charge in [-0.15, -0.1) is 0 Å². The third-order valence-electron chi connectivity index (χ3n) is 4.15. The quantitative estimate of drug-likeness (QED) is 0.368. The summed E-state index contributed by atoms with van der Waals surface area (Å²) < 4.78 is 27.5. The van der Waals surface area contributed by atoms with Gasteiger partial charge in [-0.1, -0.05) is 36.6 Å². The smallest absolute Gasteiger partial charge is 0.265 e. The van der Waals surface area contributed by atoms with Crippen molar-refractivity contribution in [3.8, 4) is 0 Å². The number of nitrogens with one attached hydrogen (secondary N) is 1. The van der Waals surface area contributed by atoms with Crippen LogP contribution in [0, 0.1) is 6.92 Å². The van der Waals surface area contributed by atoms with E-state index >= 15 is 0 Å². The summed E-state index contributed by atoms with van der Waals surface area (Å²) in [6, 6.07) is 11.9. The first-order valence-corrected chi connectivity index (χ1v) is 10.3. The molecule has 0 atom stereocenters. The van der Waals surface area contributed by atoms with Crippen molar-refractivity contribution in [2.75, 3.05) is 10.8 Å². The zero-order valence-corrected chi connectivity index (χ0v) is 16.2. The minimum atomic E-state index is -3.71. The van der Waals surface area contributed by atoms with Gasteiger partial charge in [0.15, 0.2) is 0 Å². The van der Waals surface area contributed by atoms with E-state index in [0.29, 0.717) is 25.2 Å². The molecular formula is C19H25N3O4S. The van der Waals surface area contributed by atoms with Gasteiger partial charge in [0.25, 0.3) is 10.0 Å². The van der Waals surface area contributed by atoms with E-state index in [9.17, 15) is 13.2 Å². The number of hydrogen-bond donors (Lipinski definition) is 2. The Morgan fingerprint density at radius 2 is 1.78 bits per heavy atom. The molecule has 0 aliphatic rings. The van der Waals surface area contributed by atoms with E-state index < -0.39 is 15.9 Å². The second-order valence-corrected chi connectivity index (χ2v) is 8.14. The zero-order chi connectivity index (χ0) is 19.7. The highest BCUT2D eigenvalue weighted by Crippen LogP contribution is 2.23. The molecule has 1 aromatic heterocycles. The van der Waals surface area contributed by atoms with Crippen molar-refractivity contribution in [2.24, 2.45) is 0 Å². The standard InChI is InChI=1S/C19H25N3O4S/c1-16-10-12-17(13-11-16)27(25,26)22(18-8-5-6-14-20-18)15-7-3-2-4-9-19(23)21-24/h5-6,8,10-14,24H,2-4,7,9,15H2,1H3,(H,21,23). The zero-order valence-electron chi connectivity index (χ0n) is 15.3. The molecule has 2 rings (SSSR count). The number of carbonyl (C=O) groups excluding carboxylic acids is 1. The Labute approximate surface area is 160 Å². The Morgan fingerprint density at radius 1 is 1.07 bits per heavy atom. The first-order chi connectivity index (χ1) is 12.9. The van der Waals surface area contributed by atoms with Crippen LogP contribution in [-0.2, 0) is 14.8 Å². The molecule has 8 heteroatoms. The lowest BCUT2D eigenvalue weighted by Crippen LogP contribution is -2.32. The molecule has 0 unspecified atom stereocenters. The van der Waals surface area contributed by atoms with Crippen molar-refractivity contribution in [3.63, 3.8) is 0 Å². The highest BCUT2D eigenvalue weighted by molar-refractivity contribution is 7.92. The molecule has 7 nitrogen and oxygen atoms in total. The molecule has 27 heavy (non-hydrogen) atoms. The predicted molar refractivity (Wildman–Crippen MR) is 103 cm³/mol.